The van der Waals surface area contributed by atoms with E-state index in [0.717, 1.165) is 14.9 Å². The summed E-state index contributed by atoms with van der Waals surface area (Å²) < 4.78 is 6.67. The summed E-state index contributed by atoms with van der Waals surface area (Å²) in [6, 6.07) is 18.8. The third kappa shape index (κ3) is 7.37. The number of thioether (sulfide) groups is 1. The molecule has 0 aliphatic rings. The van der Waals surface area contributed by atoms with Gasteiger partial charge in [0.25, 0.3) is 5.69 Å². The quantitative estimate of drug-likeness (QED) is 0.161. The van der Waals surface area contributed by atoms with Gasteiger partial charge in [-0.25, -0.2) is 5.43 Å². The van der Waals surface area contributed by atoms with Gasteiger partial charge in [0.2, 0.25) is 5.91 Å². The topological polar surface area (TPSA) is 93.8 Å². The molecule has 0 atom stereocenters. The van der Waals surface area contributed by atoms with Crippen LogP contribution in [-0.4, -0.2) is 22.8 Å². The lowest BCUT2D eigenvalue weighted by Crippen LogP contribution is -2.19. The molecular formula is C22H17BrClN3O4S. The van der Waals surface area contributed by atoms with E-state index in [1.807, 2.05) is 24.3 Å². The van der Waals surface area contributed by atoms with Crippen molar-refractivity contribution >= 4 is 57.1 Å². The van der Waals surface area contributed by atoms with E-state index in [4.69, 9.17) is 16.3 Å². The fourth-order valence-corrected chi connectivity index (χ4v) is 3.71. The molecule has 3 aromatic rings. The summed E-state index contributed by atoms with van der Waals surface area (Å²) in [5.41, 5.74) is 3.97. The predicted molar refractivity (Wildman–Crippen MR) is 129 cm³/mol. The van der Waals surface area contributed by atoms with Crippen molar-refractivity contribution in [2.45, 2.75) is 11.5 Å². The number of benzene rings is 3. The van der Waals surface area contributed by atoms with Crippen molar-refractivity contribution in [2.75, 3.05) is 5.75 Å². The average Bonchev–Trinajstić information content (AvgIpc) is 2.78. The van der Waals surface area contributed by atoms with E-state index in [2.05, 4.69) is 26.5 Å². The Kier molecular flexibility index (Phi) is 8.66. The first-order chi connectivity index (χ1) is 15.4. The number of nitrogens with zero attached hydrogens (tertiary/aromatic N) is 2. The highest BCUT2D eigenvalue weighted by Gasteiger charge is 2.07. The van der Waals surface area contributed by atoms with Crippen LogP contribution >= 0.6 is 39.3 Å². The first-order valence-corrected chi connectivity index (χ1v) is 11.4. The number of ether oxygens (including phenoxy) is 1. The van der Waals surface area contributed by atoms with Crippen LogP contribution in [0, 0.1) is 10.1 Å². The minimum Gasteiger partial charge on any atom is -0.488 e. The molecule has 0 spiro atoms. The number of non-ortho nitro benzene ring substituents is 1. The maximum atomic E-state index is 12.1. The van der Waals surface area contributed by atoms with E-state index in [-0.39, 0.29) is 24.0 Å². The van der Waals surface area contributed by atoms with Crippen molar-refractivity contribution < 1.29 is 14.5 Å². The summed E-state index contributed by atoms with van der Waals surface area (Å²) in [6.45, 7) is 0.227. The van der Waals surface area contributed by atoms with Crippen molar-refractivity contribution in [1.29, 1.82) is 0 Å². The lowest BCUT2D eigenvalue weighted by atomic mass is 10.2. The van der Waals surface area contributed by atoms with Crippen molar-refractivity contribution in [3.8, 4) is 5.75 Å². The molecule has 0 saturated carbocycles. The van der Waals surface area contributed by atoms with Crippen molar-refractivity contribution in [1.82, 2.24) is 5.43 Å². The average molecular weight is 535 g/mol. The summed E-state index contributed by atoms with van der Waals surface area (Å²) in [7, 11) is 0. The van der Waals surface area contributed by atoms with Gasteiger partial charge in [-0.1, -0.05) is 27.5 Å². The first-order valence-electron chi connectivity index (χ1n) is 9.26. The zero-order chi connectivity index (χ0) is 22.9. The van der Waals surface area contributed by atoms with Gasteiger partial charge in [-0.3, -0.25) is 14.9 Å². The fraction of sp³-hybridized carbons (Fsp3) is 0.0909. The highest BCUT2D eigenvalue weighted by Crippen LogP contribution is 2.23. The molecular weight excluding hydrogens is 518 g/mol. The second-order valence-corrected chi connectivity index (χ2v) is 8.83. The molecule has 0 radical (unpaired) electrons. The summed E-state index contributed by atoms with van der Waals surface area (Å²) in [6.07, 6.45) is 1.50. The van der Waals surface area contributed by atoms with Crippen LogP contribution in [0.25, 0.3) is 0 Å². The number of nitrogens with one attached hydrogen (secondary N) is 1. The van der Waals surface area contributed by atoms with Crippen LogP contribution in [0.3, 0.4) is 0 Å². The van der Waals surface area contributed by atoms with Gasteiger partial charge >= 0.3 is 0 Å². The van der Waals surface area contributed by atoms with Gasteiger partial charge in [-0.2, -0.15) is 5.10 Å². The number of halogens is 2. The molecule has 0 aliphatic heterocycles. The highest BCUT2D eigenvalue weighted by molar-refractivity contribution is 9.10. The highest BCUT2D eigenvalue weighted by atomic mass is 79.9. The van der Waals surface area contributed by atoms with Crippen LogP contribution in [0.5, 0.6) is 5.75 Å². The van der Waals surface area contributed by atoms with Gasteiger partial charge in [0.05, 0.1) is 16.9 Å². The van der Waals surface area contributed by atoms with Crippen LogP contribution < -0.4 is 10.2 Å². The number of rotatable bonds is 9. The van der Waals surface area contributed by atoms with Crippen molar-refractivity contribution in [3.63, 3.8) is 0 Å². The molecule has 1 N–H and O–H groups in total. The molecule has 32 heavy (non-hydrogen) atoms. The van der Waals surface area contributed by atoms with Gasteiger partial charge < -0.3 is 4.74 Å². The number of hydrogen-bond acceptors (Lipinski definition) is 6. The first kappa shape index (κ1) is 23.8. The van der Waals surface area contributed by atoms with Gasteiger partial charge in [0.15, 0.2) is 0 Å². The number of carbonyl (C=O) groups is 1. The molecule has 0 fully saturated rings. The Balaban J connectivity index is 1.56. The smallest absolute Gasteiger partial charge is 0.269 e. The molecule has 0 aliphatic carbocycles. The lowest BCUT2D eigenvalue weighted by Gasteiger charge is -2.10. The van der Waals surface area contributed by atoms with E-state index in [0.29, 0.717) is 16.3 Å². The van der Waals surface area contributed by atoms with Crippen LogP contribution in [0.15, 0.2) is 81.2 Å². The summed E-state index contributed by atoms with van der Waals surface area (Å²) in [4.78, 5) is 23.3. The Morgan fingerprint density at radius 2 is 1.88 bits per heavy atom. The van der Waals surface area contributed by atoms with Gasteiger partial charge in [0, 0.05) is 32.1 Å². The number of hydrogen-bond donors (Lipinski definition) is 1. The third-order valence-corrected chi connectivity index (χ3v) is 5.85. The SMILES string of the molecule is O=C(CSc1ccc(Cl)cc1)N/N=C\c1cc(Br)ccc1OCc1ccc([N+](=O)[O-])cc1. The van der Waals surface area contributed by atoms with Crippen LogP contribution in [0.4, 0.5) is 5.69 Å². The van der Waals surface area contributed by atoms with Crippen molar-refractivity contribution in [2.24, 2.45) is 5.10 Å². The number of nitro benzene ring substituents is 1. The molecule has 10 heteroatoms. The van der Waals surface area contributed by atoms with Crippen LogP contribution in [0.2, 0.25) is 5.02 Å². The standard InChI is InChI=1S/C22H17BrClN3O4S/c23-17-3-10-21(31-13-15-1-6-19(7-2-15)27(29)30)16(11-17)12-25-26-22(28)14-32-20-8-4-18(24)5-9-20/h1-12H,13-14H2,(H,26,28)/b25-12-. The van der Waals surface area contributed by atoms with E-state index >= 15 is 0 Å². The normalized spacial score (nSPS) is 10.8. The van der Waals surface area contributed by atoms with Crippen LogP contribution in [0.1, 0.15) is 11.1 Å². The molecule has 7 nitrogen and oxygen atoms in total. The minimum atomic E-state index is -0.448. The maximum Gasteiger partial charge on any atom is 0.269 e. The van der Waals surface area contributed by atoms with E-state index < -0.39 is 4.92 Å². The summed E-state index contributed by atoms with van der Waals surface area (Å²) in [5.74, 6) is 0.519. The fourth-order valence-electron chi connectivity index (χ4n) is 2.51. The Morgan fingerprint density at radius 3 is 2.56 bits per heavy atom. The third-order valence-electron chi connectivity index (χ3n) is 4.09. The number of carbonyl (C=O) groups excluding carboxylic acids is 1. The van der Waals surface area contributed by atoms with Crippen LogP contribution in [-0.2, 0) is 11.4 Å². The van der Waals surface area contributed by atoms with E-state index in [1.54, 1.807) is 30.3 Å². The number of hydrazone groups is 1. The second-order valence-electron chi connectivity index (χ2n) is 6.43. The predicted octanol–water partition coefficient (Wildman–Crippen LogP) is 5.83. The molecule has 1 amide bonds. The zero-order valence-electron chi connectivity index (χ0n) is 16.5. The Hall–Kier alpha value is -2.88. The molecule has 0 aromatic heterocycles. The number of amides is 1. The Labute approximate surface area is 202 Å². The Bertz CT molecular complexity index is 1130. The van der Waals surface area contributed by atoms with E-state index in [9.17, 15) is 14.9 Å². The lowest BCUT2D eigenvalue weighted by molar-refractivity contribution is -0.384. The monoisotopic (exact) mass is 533 g/mol. The number of nitro groups is 1. The maximum absolute atomic E-state index is 12.1. The molecule has 164 valence electrons. The van der Waals surface area contributed by atoms with Gasteiger partial charge in [-0.05, 0) is 60.2 Å². The molecule has 0 bridgehead atoms. The molecule has 0 saturated heterocycles. The second kappa shape index (κ2) is 11.7. The molecule has 3 aromatic carbocycles. The minimum absolute atomic E-state index is 0.0233. The molecule has 0 heterocycles. The van der Waals surface area contributed by atoms with E-state index in [1.165, 1.54) is 30.1 Å². The van der Waals surface area contributed by atoms with Gasteiger partial charge in [-0.15, -0.1) is 11.8 Å². The van der Waals surface area contributed by atoms with Crippen molar-refractivity contribution in [3.05, 3.63) is 97.5 Å². The Morgan fingerprint density at radius 1 is 1.16 bits per heavy atom. The largest absolute Gasteiger partial charge is 0.488 e. The molecule has 0 unspecified atom stereocenters. The summed E-state index contributed by atoms with van der Waals surface area (Å²) in [5, 5.41) is 15.4. The van der Waals surface area contributed by atoms with Gasteiger partial charge in [0.1, 0.15) is 12.4 Å². The molecule has 3 rings (SSSR count). The zero-order valence-corrected chi connectivity index (χ0v) is 19.7. The summed E-state index contributed by atoms with van der Waals surface area (Å²) >= 11 is 10.6.